The highest BCUT2D eigenvalue weighted by Crippen LogP contribution is 2.14. The second-order valence-electron chi connectivity index (χ2n) is 6.25. The number of aliphatic imine (C=N–C) groups is 1. The van der Waals surface area contributed by atoms with Crippen molar-refractivity contribution in [2.24, 2.45) is 4.99 Å². The molecule has 26 heavy (non-hydrogen) atoms. The van der Waals surface area contributed by atoms with Crippen LogP contribution in [0.5, 0.6) is 5.75 Å². The molecule has 0 saturated carbocycles. The lowest BCUT2D eigenvalue weighted by Crippen LogP contribution is -2.38. The van der Waals surface area contributed by atoms with Gasteiger partial charge in [0, 0.05) is 24.5 Å². The van der Waals surface area contributed by atoms with Crippen molar-refractivity contribution in [2.75, 3.05) is 40.3 Å². The fourth-order valence-electron chi connectivity index (χ4n) is 2.35. The summed E-state index contributed by atoms with van der Waals surface area (Å²) in [4.78, 5) is 8.18. The molecule has 0 atom stereocenters. The largest absolute Gasteiger partial charge is 0.492 e. The summed E-state index contributed by atoms with van der Waals surface area (Å²) in [5.41, 5.74) is 1.14. The van der Waals surface area contributed by atoms with Gasteiger partial charge in [-0.25, -0.2) is 4.99 Å². The molecule has 1 aromatic heterocycles. The van der Waals surface area contributed by atoms with Gasteiger partial charge in [-0.05, 0) is 56.6 Å². The minimum atomic E-state index is 0.624. The summed E-state index contributed by atoms with van der Waals surface area (Å²) in [5.74, 6) is 1.75. The molecular formula is C20H30N4OS. The molecule has 2 N–H and O–H groups in total. The Labute approximate surface area is 161 Å². The van der Waals surface area contributed by atoms with Gasteiger partial charge in [-0.1, -0.05) is 18.2 Å². The predicted molar refractivity (Wildman–Crippen MR) is 111 cm³/mol. The topological polar surface area (TPSA) is 48.9 Å². The van der Waals surface area contributed by atoms with Crippen LogP contribution in [0.2, 0.25) is 0 Å². The van der Waals surface area contributed by atoms with E-state index in [-0.39, 0.29) is 0 Å². The van der Waals surface area contributed by atoms with E-state index in [0.717, 1.165) is 43.3 Å². The van der Waals surface area contributed by atoms with Gasteiger partial charge in [0.25, 0.3) is 0 Å². The van der Waals surface area contributed by atoms with E-state index in [0.29, 0.717) is 13.2 Å². The lowest BCUT2D eigenvalue weighted by atomic mass is 10.2. The molecule has 6 heteroatoms. The van der Waals surface area contributed by atoms with E-state index >= 15 is 0 Å². The number of hydrogen-bond acceptors (Lipinski definition) is 4. The van der Waals surface area contributed by atoms with E-state index in [9.17, 15) is 0 Å². The van der Waals surface area contributed by atoms with E-state index in [1.165, 1.54) is 4.88 Å². The second kappa shape index (κ2) is 11.5. The van der Waals surface area contributed by atoms with Gasteiger partial charge >= 0.3 is 0 Å². The number of nitrogens with one attached hydrogen (secondary N) is 2. The number of benzene rings is 1. The average Bonchev–Trinajstić information content (AvgIpc) is 3.13. The van der Waals surface area contributed by atoms with Crippen LogP contribution in [0.4, 0.5) is 0 Å². The van der Waals surface area contributed by atoms with Crippen molar-refractivity contribution in [1.29, 1.82) is 0 Å². The van der Waals surface area contributed by atoms with Crippen LogP contribution in [-0.2, 0) is 13.0 Å². The maximum absolute atomic E-state index is 5.80. The van der Waals surface area contributed by atoms with Crippen LogP contribution in [0.15, 0.2) is 46.8 Å². The van der Waals surface area contributed by atoms with Gasteiger partial charge in [-0.3, -0.25) is 0 Å². The highest BCUT2D eigenvalue weighted by Gasteiger charge is 2.01. The Morgan fingerprint density at radius 1 is 1.19 bits per heavy atom. The average molecular weight is 375 g/mol. The number of ether oxygens (including phenoxy) is 1. The highest BCUT2D eigenvalue weighted by molar-refractivity contribution is 7.09. The zero-order valence-electron chi connectivity index (χ0n) is 16.0. The number of nitrogens with zero attached hydrogens (tertiary/aromatic N) is 2. The molecule has 0 amide bonds. The summed E-state index contributed by atoms with van der Waals surface area (Å²) in [6.45, 7) is 6.02. The zero-order chi connectivity index (χ0) is 18.6. The normalized spacial score (nSPS) is 11.6. The Morgan fingerprint density at radius 2 is 2.08 bits per heavy atom. The molecule has 0 unspecified atom stereocenters. The summed E-state index contributed by atoms with van der Waals surface area (Å²) in [5, 5.41) is 8.81. The molecular weight excluding hydrogens is 344 g/mol. The Balaban J connectivity index is 1.85. The van der Waals surface area contributed by atoms with Crippen LogP contribution >= 0.6 is 11.3 Å². The second-order valence-corrected chi connectivity index (χ2v) is 7.28. The number of hydrogen-bond donors (Lipinski definition) is 2. The lowest BCUT2D eigenvalue weighted by Gasteiger charge is -2.12. The lowest BCUT2D eigenvalue weighted by molar-refractivity contribution is 0.261. The third-order valence-corrected chi connectivity index (χ3v) is 4.65. The first-order valence-corrected chi connectivity index (χ1v) is 9.96. The summed E-state index contributed by atoms with van der Waals surface area (Å²) in [6, 6.07) is 12.4. The molecule has 0 aliphatic carbocycles. The summed E-state index contributed by atoms with van der Waals surface area (Å²) >= 11 is 1.79. The molecule has 0 fully saturated rings. The Bertz CT molecular complexity index is 656. The molecule has 0 aliphatic rings. The van der Waals surface area contributed by atoms with Gasteiger partial charge in [0.05, 0.1) is 6.54 Å². The molecule has 2 rings (SSSR count). The van der Waals surface area contributed by atoms with Crippen molar-refractivity contribution in [2.45, 2.75) is 19.9 Å². The molecule has 1 aromatic carbocycles. The molecule has 5 nitrogen and oxygen atoms in total. The number of guanidine groups is 1. The van der Waals surface area contributed by atoms with Crippen molar-refractivity contribution in [3.05, 3.63) is 52.2 Å². The monoisotopic (exact) mass is 374 g/mol. The molecule has 142 valence electrons. The molecule has 0 spiro atoms. The quantitative estimate of drug-likeness (QED) is 0.496. The SMILES string of the molecule is CCNC(=NCc1cccc(OCCN(C)C)c1)NCCc1cccs1. The van der Waals surface area contributed by atoms with Gasteiger partial charge in [0.2, 0.25) is 0 Å². The van der Waals surface area contributed by atoms with E-state index < -0.39 is 0 Å². The van der Waals surface area contributed by atoms with Crippen molar-refractivity contribution >= 4 is 17.3 Å². The standard InChI is InChI=1S/C20H30N4OS/c1-4-21-20(22-11-10-19-9-6-14-26-19)23-16-17-7-5-8-18(15-17)25-13-12-24(2)3/h5-9,14-15H,4,10-13,16H2,1-3H3,(H2,21,22,23). The Morgan fingerprint density at radius 3 is 2.81 bits per heavy atom. The first kappa shape index (κ1) is 20.3. The van der Waals surface area contributed by atoms with Crippen LogP contribution in [0, 0.1) is 0 Å². The maximum atomic E-state index is 5.80. The maximum Gasteiger partial charge on any atom is 0.191 e. The Kier molecular flexibility index (Phi) is 9.00. The molecule has 0 bridgehead atoms. The molecule has 2 aromatic rings. The number of likely N-dealkylation sites (N-methyl/N-ethyl adjacent to an activating group) is 1. The van der Waals surface area contributed by atoms with E-state index in [4.69, 9.17) is 4.74 Å². The van der Waals surface area contributed by atoms with Gasteiger partial charge in [0.15, 0.2) is 5.96 Å². The van der Waals surface area contributed by atoms with E-state index in [2.05, 4.69) is 57.1 Å². The van der Waals surface area contributed by atoms with E-state index in [1.807, 2.05) is 26.2 Å². The fraction of sp³-hybridized carbons (Fsp3) is 0.450. The minimum absolute atomic E-state index is 0.624. The summed E-state index contributed by atoms with van der Waals surface area (Å²) < 4.78 is 5.80. The molecule has 1 heterocycles. The van der Waals surface area contributed by atoms with Crippen LogP contribution in [-0.4, -0.2) is 51.2 Å². The summed E-state index contributed by atoms with van der Waals surface area (Å²) in [6.07, 6.45) is 1.01. The molecule has 0 aliphatic heterocycles. The van der Waals surface area contributed by atoms with Gasteiger partial charge in [0.1, 0.15) is 12.4 Å². The van der Waals surface area contributed by atoms with E-state index in [1.54, 1.807) is 11.3 Å². The third-order valence-electron chi connectivity index (χ3n) is 3.71. The molecule has 0 saturated heterocycles. The fourth-order valence-corrected chi connectivity index (χ4v) is 3.06. The highest BCUT2D eigenvalue weighted by atomic mass is 32.1. The smallest absolute Gasteiger partial charge is 0.191 e. The molecule has 0 radical (unpaired) electrons. The van der Waals surface area contributed by atoms with Crippen molar-refractivity contribution in [3.8, 4) is 5.75 Å². The first-order chi connectivity index (χ1) is 12.7. The van der Waals surface area contributed by atoms with Gasteiger partial charge in [-0.15, -0.1) is 11.3 Å². The third kappa shape index (κ3) is 7.89. The van der Waals surface area contributed by atoms with Gasteiger partial charge < -0.3 is 20.3 Å². The van der Waals surface area contributed by atoms with Crippen LogP contribution in [0.1, 0.15) is 17.4 Å². The van der Waals surface area contributed by atoms with Crippen molar-refractivity contribution in [1.82, 2.24) is 15.5 Å². The Hall–Kier alpha value is -2.05. The minimum Gasteiger partial charge on any atom is -0.492 e. The van der Waals surface area contributed by atoms with Crippen LogP contribution < -0.4 is 15.4 Å². The number of rotatable bonds is 10. The van der Waals surface area contributed by atoms with Crippen LogP contribution in [0.25, 0.3) is 0 Å². The first-order valence-electron chi connectivity index (χ1n) is 9.08. The summed E-state index contributed by atoms with van der Waals surface area (Å²) in [7, 11) is 4.09. The zero-order valence-corrected chi connectivity index (χ0v) is 16.8. The predicted octanol–water partition coefficient (Wildman–Crippen LogP) is 2.99. The number of thiophene rings is 1. The van der Waals surface area contributed by atoms with Crippen LogP contribution in [0.3, 0.4) is 0 Å². The van der Waals surface area contributed by atoms with Gasteiger partial charge in [-0.2, -0.15) is 0 Å². The van der Waals surface area contributed by atoms with Crippen molar-refractivity contribution in [3.63, 3.8) is 0 Å². The van der Waals surface area contributed by atoms with Crippen molar-refractivity contribution < 1.29 is 4.74 Å².